The summed E-state index contributed by atoms with van der Waals surface area (Å²) in [5.74, 6) is 6.49. The highest BCUT2D eigenvalue weighted by Gasteiger charge is 2.37. The smallest absolute Gasteiger partial charge is 0.307 e. The van der Waals surface area contributed by atoms with Crippen LogP contribution >= 0.6 is 11.3 Å². The van der Waals surface area contributed by atoms with Crippen molar-refractivity contribution in [3.8, 4) is 22.3 Å². The van der Waals surface area contributed by atoms with Gasteiger partial charge >= 0.3 is 5.97 Å². The molecule has 2 amide bonds. The largest absolute Gasteiger partial charge is 0.469 e. The highest BCUT2D eigenvalue weighted by atomic mass is 32.1. The van der Waals surface area contributed by atoms with Crippen LogP contribution in [0.1, 0.15) is 70.2 Å². The van der Waals surface area contributed by atoms with Crippen LogP contribution in [-0.4, -0.2) is 67.1 Å². The molecule has 3 atom stereocenters. The molecule has 1 aromatic carbocycles. The van der Waals surface area contributed by atoms with Gasteiger partial charge in [-0.1, -0.05) is 50.0 Å². The zero-order valence-electron chi connectivity index (χ0n) is 25.4. The molecule has 0 spiro atoms. The van der Waals surface area contributed by atoms with E-state index < -0.39 is 6.04 Å². The number of thiazole rings is 1. The number of nitrogens with zero attached hydrogens (tertiary/aromatic N) is 2. The number of carbonyl (C=O) groups is 3. The van der Waals surface area contributed by atoms with Gasteiger partial charge in [-0.25, -0.2) is 4.98 Å². The summed E-state index contributed by atoms with van der Waals surface area (Å²) >= 11 is 1.58. The van der Waals surface area contributed by atoms with Crippen LogP contribution in [0.15, 0.2) is 29.8 Å². The average molecular weight is 597 g/mol. The summed E-state index contributed by atoms with van der Waals surface area (Å²) in [6, 6.07) is 7.14. The number of ether oxygens (including phenoxy) is 2. The lowest BCUT2D eigenvalue weighted by molar-refractivity contribution is -0.141. The number of rotatable bonds is 11. The van der Waals surface area contributed by atoms with Gasteiger partial charge < -0.3 is 25.4 Å². The highest BCUT2D eigenvalue weighted by molar-refractivity contribution is 7.13. The number of carbonyl (C=O) groups excluding carboxylic acids is 3. The Labute approximate surface area is 253 Å². The third kappa shape index (κ3) is 9.65. The zero-order valence-corrected chi connectivity index (χ0v) is 26.2. The van der Waals surface area contributed by atoms with Crippen LogP contribution in [-0.2, 0) is 23.9 Å². The van der Waals surface area contributed by atoms with Gasteiger partial charge in [0, 0.05) is 23.9 Å². The van der Waals surface area contributed by atoms with E-state index in [1.165, 1.54) is 20.0 Å². The fraction of sp³-hybridized carbons (Fsp3) is 0.562. The van der Waals surface area contributed by atoms with Crippen LogP contribution < -0.4 is 11.1 Å². The van der Waals surface area contributed by atoms with E-state index in [4.69, 9.17) is 10.5 Å². The number of nitrogens with two attached hydrogens (primary N) is 1. The van der Waals surface area contributed by atoms with Crippen molar-refractivity contribution in [2.45, 2.75) is 77.9 Å². The molecule has 2 aromatic rings. The number of hydrogen-bond donors (Lipinski definition) is 2. The minimum absolute atomic E-state index is 0.0534. The Morgan fingerprint density at radius 3 is 2.52 bits per heavy atom. The molecule has 9 nitrogen and oxygen atoms in total. The molecule has 4 rings (SSSR count). The van der Waals surface area contributed by atoms with Gasteiger partial charge in [0.1, 0.15) is 6.61 Å². The summed E-state index contributed by atoms with van der Waals surface area (Å²) in [7, 11) is 1.33. The number of likely N-dealkylation sites (tertiary alicyclic amines) is 1. The number of esters is 1. The van der Waals surface area contributed by atoms with E-state index in [1.54, 1.807) is 11.3 Å². The Hall–Kier alpha value is -3.26. The molecule has 3 N–H and O–H groups in total. The molecule has 0 radical (unpaired) electrons. The fourth-order valence-corrected chi connectivity index (χ4v) is 5.50. The van der Waals surface area contributed by atoms with Crippen molar-refractivity contribution in [3.63, 3.8) is 0 Å². The molecule has 228 valence electrons. The topological polar surface area (TPSA) is 124 Å². The second-order valence-electron chi connectivity index (χ2n) is 11.6. The van der Waals surface area contributed by atoms with E-state index in [-0.39, 0.29) is 29.8 Å². The van der Waals surface area contributed by atoms with Crippen molar-refractivity contribution in [2.75, 3.05) is 26.9 Å². The van der Waals surface area contributed by atoms with E-state index in [1.807, 2.05) is 55.4 Å². The molecule has 42 heavy (non-hydrogen) atoms. The van der Waals surface area contributed by atoms with Crippen molar-refractivity contribution in [1.82, 2.24) is 15.2 Å². The first-order valence-electron chi connectivity index (χ1n) is 14.5. The Morgan fingerprint density at radius 1 is 1.26 bits per heavy atom. The average Bonchev–Trinajstić information content (AvgIpc) is 3.55. The normalized spacial score (nSPS) is 17.7. The predicted molar refractivity (Wildman–Crippen MR) is 164 cm³/mol. The Morgan fingerprint density at radius 2 is 1.98 bits per heavy atom. The zero-order chi connectivity index (χ0) is 30.7. The number of nitrogens with one attached hydrogen (secondary N) is 1. The van der Waals surface area contributed by atoms with Gasteiger partial charge in [-0.05, 0) is 50.7 Å². The Balaban J connectivity index is 0.000000230. The van der Waals surface area contributed by atoms with Crippen molar-refractivity contribution in [3.05, 3.63) is 41.0 Å². The molecule has 2 aliphatic rings. The van der Waals surface area contributed by atoms with Crippen molar-refractivity contribution in [2.24, 2.45) is 17.1 Å². The lowest BCUT2D eigenvalue weighted by atomic mass is 9.85. The van der Waals surface area contributed by atoms with Crippen LogP contribution in [0.4, 0.5) is 0 Å². The number of amides is 2. The van der Waals surface area contributed by atoms with Gasteiger partial charge in [-0.3, -0.25) is 14.4 Å². The second-order valence-corrected chi connectivity index (χ2v) is 12.4. The summed E-state index contributed by atoms with van der Waals surface area (Å²) in [5.41, 5.74) is 10.6. The van der Waals surface area contributed by atoms with Crippen molar-refractivity contribution in [1.29, 1.82) is 0 Å². The Kier molecular flexibility index (Phi) is 12.5. The van der Waals surface area contributed by atoms with Gasteiger partial charge in [-0.15, -0.1) is 11.3 Å². The second kappa shape index (κ2) is 15.8. The molecule has 2 heterocycles. The number of hydrogen-bond acceptors (Lipinski definition) is 8. The third-order valence-corrected chi connectivity index (χ3v) is 8.64. The number of aryl methyl sites for hydroxylation is 1. The first-order chi connectivity index (χ1) is 20.1. The molecule has 1 aromatic heterocycles. The molecular weight excluding hydrogens is 552 g/mol. The van der Waals surface area contributed by atoms with E-state index in [0.717, 1.165) is 41.1 Å². The van der Waals surface area contributed by atoms with E-state index >= 15 is 0 Å². The first-order valence-corrected chi connectivity index (χ1v) is 15.3. The maximum atomic E-state index is 12.5. The number of methoxy groups -OCH3 is 1. The molecule has 2 fully saturated rings. The summed E-state index contributed by atoms with van der Waals surface area (Å²) in [5, 5.41) is 2.64. The monoisotopic (exact) mass is 596 g/mol. The summed E-state index contributed by atoms with van der Waals surface area (Å²) in [6.45, 7) is 9.76. The number of benzene rings is 1. The first kappa shape index (κ1) is 33.2. The Bertz CT molecular complexity index is 1250. The summed E-state index contributed by atoms with van der Waals surface area (Å²) in [4.78, 5) is 41.8. The summed E-state index contributed by atoms with van der Waals surface area (Å²) < 4.78 is 10.3. The van der Waals surface area contributed by atoms with Crippen molar-refractivity contribution < 1.29 is 23.9 Å². The van der Waals surface area contributed by atoms with E-state index in [9.17, 15) is 14.4 Å². The van der Waals surface area contributed by atoms with Crippen molar-refractivity contribution >= 4 is 29.6 Å². The predicted octanol–water partition coefficient (Wildman–Crippen LogP) is 4.25. The van der Waals surface area contributed by atoms with E-state index in [0.29, 0.717) is 31.6 Å². The van der Waals surface area contributed by atoms with E-state index in [2.05, 4.69) is 33.8 Å². The van der Waals surface area contributed by atoms with Gasteiger partial charge in [0.05, 0.1) is 48.3 Å². The van der Waals surface area contributed by atoms with Crippen LogP contribution in [0.25, 0.3) is 10.4 Å². The molecule has 1 saturated carbocycles. The maximum Gasteiger partial charge on any atom is 0.307 e. The minimum atomic E-state index is -0.519. The van der Waals surface area contributed by atoms with Crippen LogP contribution in [0.3, 0.4) is 0 Å². The third-order valence-electron chi connectivity index (χ3n) is 7.66. The molecule has 0 bridgehead atoms. The molecule has 3 unspecified atom stereocenters. The lowest BCUT2D eigenvalue weighted by Crippen LogP contribution is -2.53. The fourth-order valence-electron chi connectivity index (χ4n) is 4.69. The molecule has 10 heteroatoms. The van der Waals surface area contributed by atoms with Crippen LogP contribution in [0.2, 0.25) is 0 Å². The van der Waals surface area contributed by atoms with Crippen LogP contribution in [0.5, 0.6) is 0 Å². The van der Waals surface area contributed by atoms with Gasteiger partial charge in [0.25, 0.3) is 0 Å². The minimum Gasteiger partial charge on any atom is -0.469 e. The highest BCUT2D eigenvalue weighted by Crippen LogP contribution is 2.29. The SMILES string of the molecule is CC1CCCN1C(=O)C(N)C(C)(C)COCC#CC1CC1.COC(=O)CC(NC=O)c1ccc(-c2scnc2C)cc1. The van der Waals surface area contributed by atoms with Gasteiger partial charge in [-0.2, -0.15) is 0 Å². The quantitative estimate of drug-likeness (QED) is 0.172. The molecule has 1 saturated heterocycles. The standard InChI is InChI=1S/C17H28N2O2.C15H16N2O3S/c1-13-6-4-10-19(13)16(20)15(18)17(2,3)12-21-11-5-7-14-8-9-14;1-10-15(21-9-17-10)12-5-3-11(4-6-12)13(16-8-18)7-14(19)20-2/h13-15H,4,6,8-12,18H2,1-3H3;3-6,8-9,13H,7H2,1-2H3,(H,16,18). The number of aromatic nitrogens is 1. The van der Waals surface area contributed by atoms with Crippen LogP contribution in [0, 0.1) is 30.1 Å². The maximum absolute atomic E-state index is 12.5. The molecular formula is C32H44N4O5S. The summed E-state index contributed by atoms with van der Waals surface area (Å²) in [6.07, 6.45) is 5.31. The molecule has 1 aliphatic carbocycles. The van der Waals surface area contributed by atoms with Gasteiger partial charge in [0.15, 0.2) is 0 Å². The lowest BCUT2D eigenvalue weighted by Gasteiger charge is -2.34. The van der Waals surface area contributed by atoms with Gasteiger partial charge in [0.2, 0.25) is 12.3 Å². The molecule has 1 aliphatic heterocycles.